The van der Waals surface area contributed by atoms with Crippen molar-refractivity contribution >= 4 is 44.9 Å². The fourth-order valence-corrected chi connectivity index (χ4v) is 5.00. The number of anilines is 2. The van der Waals surface area contributed by atoms with Crippen LogP contribution >= 0.6 is 0 Å². The third-order valence-corrected chi connectivity index (χ3v) is 6.56. The van der Waals surface area contributed by atoms with Gasteiger partial charge in [0.05, 0.1) is 17.4 Å². The van der Waals surface area contributed by atoms with Crippen LogP contribution in [0.1, 0.15) is 26.0 Å². The standard InChI is InChI=1S/C27H34N8O/c1-27(2,17-33(3)4)32-26(36)35-12-9-18(10-13-35)23-15-21-22(8-11-28-25(21)31-23)30-20-6-7-24-19(14-20)16-29-34(24)5/h6-9,11,14-16H,10,12-13,17H2,1-5H3,(H,32,36)(H2,28,30,31). The summed E-state index contributed by atoms with van der Waals surface area (Å²) >= 11 is 0. The Kier molecular flexibility index (Phi) is 6.17. The number of urea groups is 1. The van der Waals surface area contributed by atoms with E-state index < -0.39 is 0 Å². The summed E-state index contributed by atoms with van der Waals surface area (Å²) in [6, 6.07) is 10.4. The molecule has 1 aromatic carbocycles. The molecule has 188 valence electrons. The van der Waals surface area contributed by atoms with Crippen molar-refractivity contribution in [1.29, 1.82) is 0 Å². The number of aryl methyl sites for hydroxylation is 1. The highest BCUT2D eigenvalue weighted by Gasteiger charge is 2.26. The molecule has 0 atom stereocenters. The van der Waals surface area contributed by atoms with Crippen molar-refractivity contribution in [3.63, 3.8) is 0 Å². The number of nitrogens with zero attached hydrogens (tertiary/aromatic N) is 5. The van der Waals surface area contributed by atoms with Crippen LogP contribution in [0.3, 0.4) is 0 Å². The molecule has 9 nitrogen and oxygen atoms in total. The van der Waals surface area contributed by atoms with Gasteiger partial charge in [-0.1, -0.05) is 6.08 Å². The van der Waals surface area contributed by atoms with Gasteiger partial charge in [0, 0.05) is 60.6 Å². The zero-order valence-corrected chi connectivity index (χ0v) is 21.6. The molecule has 9 heteroatoms. The SMILES string of the molecule is CN(C)CC(C)(C)NC(=O)N1CC=C(c2cc3c(Nc4ccc5c(cnn5C)c4)ccnc3[nH]2)CC1. The second kappa shape index (κ2) is 9.31. The Morgan fingerprint density at radius 3 is 2.81 bits per heavy atom. The van der Waals surface area contributed by atoms with E-state index in [0.29, 0.717) is 13.1 Å². The summed E-state index contributed by atoms with van der Waals surface area (Å²) in [5.41, 5.74) is 5.88. The van der Waals surface area contributed by atoms with Crippen molar-refractivity contribution in [2.45, 2.75) is 25.8 Å². The van der Waals surface area contributed by atoms with E-state index in [1.807, 2.05) is 63.0 Å². The van der Waals surface area contributed by atoms with Crippen LogP contribution in [-0.4, -0.2) is 74.8 Å². The third-order valence-electron chi connectivity index (χ3n) is 6.56. The monoisotopic (exact) mass is 486 g/mol. The maximum Gasteiger partial charge on any atom is 0.318 e. The van der Waals surface area contributed by atoms with Gasteiger partial charge in [0.1, 0.15) is 5.65 Å². The summed E-state index contributed by atoms with van der Waals surface area (Å²) in [5.74, 6) is 0. The van der Waals surface area contributed by atoms with Crippen molar-refractivity contribution in [3.8, 4) is 0 Å². The summed E-state index contributed by atoms with van der Waals surface area (Å²) in [6.45, 7) is 6.14. The number of aromatic amines is 1. The van der Waals surface area contributed by atoms with Gasteiger partial charge >= 0.3 is 6.03 Å². The molecule has 1 aliphatic rings. The maximum atomic E-state index is 12.8. The van der Waals surface area contributed by atoms with Gasteiger partial charge in [0.15, 0.2) is 0 Å². The maximum absolute atomic E-state index is 12.8. The largest absolute Gasteiger partial charge is 0.355 e. The van der Waals surface area contributed by atoms with Gasteiger partial charge in [-0.25, -0.2) is 9.78 Å². The van der Waals surface area contributed by atoms with Crippen LogP contribution in [0.25, 0.3) is 27.5 Å². The molecule has 0 radical (unpaired) electrons. The lowest BCUT2D eigenvalue weighted by Gasteiger charge is -2.34. The van der Waals surface area contributed by atoms with Gasteiger partial charge in [0.25, 0.3) is 0 Å². The number of likely N-dealkylation sites (N-methyl/N-ethyl adjacent to an activating group) is 1. The Morgan fingerprint density at radius 2 is 2.06 bits per heavy atom. The van der Waals surface area contributed by atoms with Crippen LogP contribution in [0.4, 0.5) is 16.2 Å². The first kappa shape index (κ1) is 23.9. The quantitative estimate of drug-likeness (QED) is 0.377. The topological polar surface area (TPSA) is 94.1 Å². The molecular weight excluding hydrogens is 452 g/mol. The van der Waals surface area contributed by atoms with E-state index in [9.17, 15) is 4.79 Å². The van der Waals surface area contributed by atoms with Crippen LogP contribution in [0.15, 0.2) is 48.8 Å². The average Bonchev–Trinajstić information content (AvgIpc) is 3.42. The van der Waals surface area contributed by atoms with Crippen molar-refractivity contribution < 1.29 is 4.79 Å². The number of rotatable bonds is 6. The van der Waals surface area contributed by atoms with E-state index in [-0.39, 0.29) is 11.6 Å². The predicted molar refractivity (Wildman–Crippen MR) is 145 cm³/mol. The number of fused-ring (bicyclic) bond motifs is 2. The molecule has 4 heterocycles. The summed E-state index contributed by atoms with van der Waals surface area (Å²) in [6.07, 6.45) is 6.61. The Hall–Kier alpha value is -3.85. The number of nitrogens with one attached hydrogen (secondary N) is 3. The summed E-state index contributed by atoms with van der Waals surface area (Å²) in [5, 5.41) is 13.2. The molecule has 0 saturated heterocycles. The van der Waals surface area contributed by atoms with E-state index in [4.69, 9.17) is 0 Å². The smallest absolute Gasteiger partial charge is 0.318 e. The third kappa shape index (κ3) is 4.92. The molecule has 2 amide bonds. The first-order valence-corrected chi connectivity index (χ1v) is 12.3. The van der Waals surface area contributed by atoms with Gasteiger partial charge in [0.2, 0.25) is 0 Å². The number of hydrogen-bond acceptors (Lipinski definition) is 5. The van der Waals surface area contributed by atoms with E-state index >= 15 is 0 Å². The van der Waals surface area contributed by atoms with Gasteiger partial charge in [-0.2, -0.15) is 5.10 Å². The summed E-state index contributed by atoms with van der Waals surface area (Å²) in [4.78, 5) is 24.8. The van der Waals surface area contributed by atoms with Crippen molar-refractivity contribution in [3.05, 3.63) is 54.5 Å². The van der Waals surface area contributed by atoms with Crippen molar-refractivity contribution in [1.82, 2.24) is 34.9 Å². The van der Waals surface area contributed by atoms with E-state index in [1.165, 1.54) is 5.57 Å². The lowest BCUT2D eigenvalue weighted by molar-refractivity contribution is 0.183. The number of pyridine rings is 1. The molecule has 3 aromatic heterocycles. The van der Waals surface area contributed by atoms with Crippen LogP contribution < -0.4 is 10.6 Å². The molecule has 4 aromatic rings. The predicted octanol–water partition coefficient (Wildman–Crippen LogP) is 4.33. The van der Waals surface area contributed by atoms with Gasteiger partial charge in [-0.3, -0.25) is 4.68 Å². The average molecular weight is 487 g/mol. The zero-order chi connectivity index (χ0) is 25.4. The molecule has 0 aliphatic carbocycles. The highest BCUT2D eigenvalue weighted by molar-refractivity contribution is 5.95. The summed E-state index contributed by atoms with van der Waals surface area (Å²) in [7, 11) is 5.97. The lowest BCUT2D eigenvalue weighted by atomic mass is 10.0. The minimum absolute atomic E-state index is 0.0208. The molecular formula is C27H34N8O. The molecule has 0 fully saturated rings. The highest BCUT2D eigenvalue weighted by atomic mass is 16.2. The first-order chi connectivity index (χ1) is 17.2. The van der Waals surface area contributed by atoms with E-state index in [2.05, 4.69) is 60.9 Å². The normalized spacial score (nSPS) is 14.5. The fraction of sp³-hybridized carbons (Fsp3) is 0.370. The molecule has 0 bridgehead atoms. The number of benzene rings is 1. The molecule has 5 rings (SSSR count). The summed E-state index contributed by atoms with van der Waals surface area (Å²) < 4.78 is 1.87. The van der Waals surface area contributed by atoms with Gasteiger partial charge in [-0.15, -0.1) is 0 Å². The fourth-order valence-electron chi connectivity index (χ4n) is 5.00. The minimum Gasteiger partial charge on any atom is -0.355 e. The van der Waals surface area contributed by atoms with Gasteiger partial charge < -0.3 is 25.4 Å². The molecule has 36 heavy (non-hydrogen) atoms. The highest BCUT2D eigenvalue weighted by Crippen LogP contribution is 2.31. The lowest BCUT2D eigenvalue weighted by Crippen LogP contribution is -2.54. The van der Waals surface area contributed by atoms with E-state index in [1.54, 1.807) is 0 Å². The number of aromatic nitrogens is 4. The van der Waals surface area contributed by atoms with Crippen LogP contribution in [-0.2, 0) is 7.05 Å². The minimum atomic E-state index is -0.293. The van der Waals surface area contributed by atoms with Crippen molar-refractivity contribution in [2.24, 2.45) is 7.05 Å². The Balaban J connectivity index is 1.31. The number of H-pyrrole nitrogens is 1. The molecule has 3 N–H and O–H groups in total. The van der Waals surface area contributed by atoms with Crippen LogP contribution in [0, 0.1) is 0 Å². The second-order valence-corrected chi connectivity index (χ2v) is 10.4. The molecule has 0 spiro atoms. The van der Waals surface area contributed by atoms with E-state index in [0.717, 1.165) is 52.0 Å². The first-order valence-electron chi connectivity index (χ1n) is 12.3. The van der Waals surface area contributed by atoms with Crippen LogP contribution in [0.2, 0.25) is 0 Å². The number of hydrogen-bond donors (Lipinski definition) is 3. The second-order valence-electron chi connectivity index (χ2n) is 10.4. The molecule has 1 aliphatic heterocycles. The molecule has 0 unspecified atom stereocenters. The molecule has 0 saturated carbocycles. The van der Waals surface area contributed by atoms with Crippen LogP contribution in [0.5, 0.6) is 0 Å². The Morgan fingerprint density at radius 1 is 1.22 bits per heavy atom. The zero-order valence-electron chi connectivity index (χ0n) is 21.6. The number of carbonyl (C=O) groups excluding carboxylic acids is 1. The van der Waals surface area contributed by atoms with Gasteiger partial charge in [-0.05, 0) is 70.3 Å². The Labute approximate surface area is 211 Å². The number of carbonyl (C=O) groups is 1. The number of amides is 2. The van der Waals surface area contributed by atoms with Crippen molar-refractivity contribution in [2.75, 3.05) is 39.0 Å². The Bertz CT molecular complexity index is 1440.